The van der Waals surface area contributed by atoms with Gasteiger partial charge in [-0.3, -0.25) is 19.7 Å². The van der Waals surface area contributed by atoms with Gasteiger partial charge in [0.05, 0.1) is 6.54 Å². The summed E-state index contributed by atoms with van der Waals surface area (Å²) in [5.74, 6) is -0.817. The highest BCUT2D eigenvalue weighted by atomic mass is 16.2. The molecule has 3 N–H and O–H groups in total. The number of benzene rings is 2. The van der Waals surface area contributed by atoms with Crippen molar-refractivity contribution in [3.63, 3.8) is 0 Å². The van der Waals surface area contributed by atoms with Gasteiger partial charge in [-0.1, -0.05) is 48.5 Å². The predicted molar refractivity (Wildman–Crippen MR) is 87.7 cm³/mol. The van der Waals surface area contributed by atoms with Gasteiger partial charge in [-0.2, -0.15) is 0 Å². The molecular weight excluding hydrogens is 306 g/mol. The zero-order chi connectivity index (χ0) is 17.2. The molecule has 0 saturated carbocycles. The van der Waals surface area contributed by atoms with Crippen LogP contribution in [0.1, 0.15) is 21.5 Å². The standard InChI is InChI=1S/C18H17N3O3/c19-18(17(24)20-12-22,14-7-2-1-3-8-14)11-21-10-13-6-4-5-9-15(13)16(21)23/h1-9,12H,10-11,19H2,(H,20,22,24). The second kappa shape index (κ2) is 6.25. The average molecular weight is 323 g/mol. The van der Waals surface area contributed by atoms with Crippen LogP contribution in [0.2, 0.25) is 0 Å². The number of hydrogen-bond acceptors (Lipinski definition) is 4. The summed E-state index contributed by atoms with van der Waals surface area (Å²) in [7, 11) is 0. The van der Waals surface area contributed by atoms with E-state index in [4.69, 9.17) is 5.73 Å². The minimum absolute atomic E-state index is 0.0236. The van der Waals surface area contributed by atoms with Crippen molar-refractivity contribution >= 4 is 18.2 Å². The molecule has 0 aromatic heterocycles. The monoisotopic (exact) mass is 323 g/mol. The fraction of sp³-hybridized carbons (Fsp3) is 0.167. The summed E-state index contributed by atoms with van der Waals surface area (Å²) in [6, 6.07) is 16.0. The number of rotatable bonds is 5. The minimum Gasteiger partial charge on any atom is -0.332 e. The molecule has 1 aliphatic rings. The highest BCUT2D eigenvalue weighted by Crippen LogP contribution is 2.27. The van der Waals surface area contributed by atoms with Crippen molar-refractivity contribution in [3.8, 4) is 0 Å². The van der Waals surface area contributed by atoms with E-state index in [9.17, 15) is 14.4 Å². The molecule has 0 saturated heterocycles. The van der Waals surface area contributed by atoms with Gasteiger partial charge in [0.1, 0.15) is 5.54 Å². The normalized spacial score (nSPS) is 15.5. The fourth-order valence-corrected chi connectivity index (χ4v) is 2.96. The van der Waals surface area contributed by atoms with Crippen LogP contribution in [-0.2, 0) is 21.7 Å². The second-order valence-electron chi connectivity index (χ2n) is 5.75. The molecule has 0 spiro atoms. The lowest BCUT2D eigenvalue weighted by Gasteiger charge is -2.32. The quantitative estimate of drug-likeness (QED) is 0.795. The maximum Gasteiger partial charge on any atom is 0.254 e. The molecule has 1 unspecified atom stereocenters. The van der Waals surface area contributed by atoms with Crippen molar-refractivity contribution in [1.29, 1.82) is 0 Å². The van der Waals surface area contributed by atoms with E-state index in [1.165, 1.54) is 4.90 Å². The summed E-state index contributed by atoms with van der Waals surface area (Å²) in [6.45, 7) is 0.360. The van der Waals surface area contributed by atoms with Gasteiger partial charge in [0.25, 0.3) is 11.8 Å². The van der Waals surface area contributed by atoms with Crippen LogP contribution < -0.4 is 11.1 Å². The molecule has 3 amide bonds. The van der Waals surface area contributed by atoms with E-state index in [0.29, 0.717) is 24.1 Å². The molecule has 1 atom stereocenters. The number of carbonyl (C=O) groups is 3. The fourth-order valence-electron chi connectivity index (χ4n) is 2.96. The Kier molecular flexibility index (Phi) is 4.14. The number of fused-ring (bicyclic) bond motifs is 1. The van der Waals surface area contributed by atoms with Crippen LogP contribution >= 0.6 is 0 Å². The maximum absolute atomic E-state index is 12.6. The third-order valence-electron chi connectivity index (χ3n) is 4.22. The molecular formula is C18H17N3O3. The van der Waals surface area contributed by atoms with Crippen LogP contribution in [0, 0.1) is 0 Å². The van der Waals surface area contributed by atoms with Crippen molar-refractivity contribution in [3.05, 3.63) is 71.3 Å². The summed E-state index contributed by atoms with van der Waals surface area (Å²) >= 11 is 0. The topological polar surface area (TPSA) is 92.5 Å². The first kappa shape index (κ1) is 15.9. The molecule has 0 aliphatic carbocycles. The number of nitrogens with zero attached hydrogens (tertiary/aromatic N) is 1. The molecule has 6 heteroatoms. The Morgan fingerprint density at radius 1 is 1.17 bits per heavy atom. The van der Waals surface area contributed by atoms with Gasteiger partial charge in [-0.15, -0.1) is 0 Å². The van der Waals surface area contributed by atoms with E-state index in [-0.39, 0.29) is 12.5 Å². The number of imide groups is 1. The van der Waals surface area contributed by atoms with Gasteiger partial charge in [0.2, 0.25) is 6.41 Å². The van der Waals surface area contributed by atoms with Crippen LogP contribution in [-0.4, -0.2) is 29.7 Å². The molecule has 122 valence electrons. The Morgan fingerprint density at radius 3 is 2.50 bits per heavy atom. The summed E-state index contributed by atoms with van der Waals surface area (Å²) < 4.78 is 0. The first-order valence-electron chi connectivity index (χ1n) is 7.52. The average Bonchev–Trinajstić information content (AvgIpc) is 2.92. The Balaban J connectivity index is 1.93. The predicted octanol–water partition coefficient (Wildman–Crippen LogP) is 0.769. The van der Waals surface area contributed by atoms with Crippen molar-refractivity contribution < 1.29 is 14.4 Å². The van der Waals surface area contributed by atoms with E-state index in [1.807, 2.05) is 12.1 Å². The molecule has 0 bridgehead atoms. The number of carbonyl (C=O) groups excluding carboxylic acids is 3. The summed E-state index contributed by atoms with van der Waals surface area (Å²) in [4.78, 5) is 37.2. The molecule has 6 nitrogen and oxygen atoms in total. The maximum atomic E-state index is 12.6. The third-order valence-corrected chi connectivity index (χ3v) is 4.22. The highest BCUT2D eigenvalue weighted by molar-refractivity contribution is 5.99. The zero-order valence-electron chi connectivity index (χ0n) is 12.9. The lowest BCUT2D eigenvalue weighted by molar-refractivity contribution is -0.130. The van der Waals surface area contributed by atoms with E-state index in [0.717, 1.165) is 5.56 Å². The van der Waals surface area contributed by atoms with Gasteiger partial charge >= 0.3 is 0 Å². The van der Waals surface area contributed by atoms with Gasteiger partial charge in [0, 0.05) is 12.1 Å². The lowest BCUT2D eigenvalue weighted by atomic mass is 9.89. The van der Waals surface area contributed by atoms with Gasteiger partial charge in [-0.05, 0) is 17.2 Å². The summed E-state index contributed by atoms with van der Waals surface area (Å²) in [6.07, 6.45) is 0.299. The molecule has 1 heterocycles. The SMILES string of the molecule is NC(CN1Cc2ccccc2C1=O)(C(=O)NC=O)c1ccccc1. The molecule has 24 heavy (non-hydrogen) atoms. The molecule has 2 aromatic rings. The number of hydrogen-bond donors (Lipinski definition) is 2. The van der Waals surface area contributed by atoms with Crippen molar-refractivity contribution in [1.82, 2.24) is 10.2 Å². The van der Waals surface area contributed by atoms with Gasteiger partial charge in [-0.25, -0.2) is 0 Å². The highest BCUT2D eigenvalue weighted by Gasteiger charge is 2.41. The van der Waals surface area contributed by atoms with E-state index in [2.05, 4.69) is 5.32 Å². The molecule has 2 aromatic carbocycles. The van der Waals surface area contributed by atoms with E-state index < -0.39 is 11.4 Å². The Labute approximate surface area is 139 Å². The second-order valence-corrected chi connectivity index (χ2v) is 5.75. The summed E-state index contributed by atoms with van der Waals surface area (Å²) in [5, 5.41) is 2.11. The number of nitrogens with two attached hydrogens (primary N) is 1. The van der Waals surface area contributed by atoms with Crippen LogP contribution in [0.5, 0.6) is 0 Å². The van der Waals surface area contributed by atoms with E-state index in [1.54, 1.807) is 42.5 Å². The van der Waals surface area contributed by atoms with Crippen molar-refractivity contribution in [2.24, 2.45) is 5.73 Å². The van der Waals surface area contributed by atoms with Crippen LogP contribution in [0.4, 0.5) is 0 Å². The lowest BCUT2D eigenvalue weighted by Crippen LogP contribution is -2.57. The number of nitrogens with one attached hydrogen (secondary N) is 1. The molecule has 1 aliphatic heterocycles. The largest absolute Gasteiger partial charge is 0.332 e. The van der Waals surface area contributed by atoms with Gasteiger partial charge in [0.15, 0.2) is 0 Å². The zero-order valence-corrected chi connectivity index (χ0v) is 12.9. The molecule has 0 fully saturated rings. The Morgan fingerprint density at radius 2 is 1.83 bits per heavy atom. The third kappa shape index (κ3) is 2.68. The first-order chi connectivity index (χ1) is 11.6. The number of amides is 3. The Bertz CT molecular complexity index is 791. The Hall–Kier alpha value is -2.99. The first-order valence-corrected chi connectivity index (χ1v) is 7.52. The van der Waals surface area contributed by atoms with Gasteiger partial charge < -0.3 is 10.6 Å². The van der Waals surface area contributed by atoms with Crippen LogP contribution in [0.25, 0.3) is 0 Å². The van der Waals surface area contributed by atoms with Crippen molar-refractivity contribution in [2.45, 2.75) is 12.1 Å². The van der Waals surface area contributed by atoms with Crippen LogP contribution in [0.3, 0.4) is 0 Å². The summed E-state index contributed by atoms with van der Waals surface area (Å²) in [5.41, 5.74) is 6.89. The smallest absolute Gasteiger partial charge is 0.254 e. The van der Waals surface area contributed by atoms with Crippen molar-refractivity contribution in [2.75, 3.05) is 6.54 Å². The van der Waals surface area contributed by atoms with Crippen LogP contribution in [0.15, 0.2) is 54.6 Å². The minimum atomic E-state index is -1.51. The molecule has 3 rings (SSSR count). The van der Waals surface area contributed by atoms with E-state index >= 15 is 0 Å². The molecule has 0 radical (unpaired) electrons.